The summed E-state index contributed by atoms with van der Waals surface area (Å²) in [5, 5.41) is 12.6. The van der Waals surface area contributed by atoms with E-state index in [0.717, 1.165) is 23.6 Å². The van der Waals surface area contributed by atoms with Gasteiger partial charge in [0.2, 0.25) is 5.91 Å². The summed E-state index contributed by atoms with van der Waals surface area (Å²) in [5.74, 6) is 2.30. The Balaban J connectivity index is 1.56. The molecule has 0 aliphatic heterocycles. The number of nitrogens with zero attached hydrogens (tertiary/aromatic N) is 2. The van der Waals surface area contributed by atoms with E-state index in [2.05, 4.69) is 22.2 Å². The Kier molecular flexibility index (Phi) is 4.95. The van der Waals surface area contributed by atoms with Gasteiger partial charge in [-0.25, -0.2) is 4.79 Å². The summed E-state index contributed by atoms with van der Waals surface area (Å²) in [7, 11) is 0. The van der Waals surface area contributed by atoms with Crippen LogP contribution in [0, 0.1) is 36.0 Å². The molecule has 0 radical (unpaired) electrons. The van der Waals surface area contributed by atoms with Crippen LogP contribution in [0.5, 0.6) is 0 Å². The lowest BCUT2D eigenvalue weighted by Gasteiger charge is -2.28. The van der Waals surface area contributed by atoms with Crippen molar-refractivity contribution in [1.29, 1.82) is 5.26 Å². The second-order valence-corrected chi connectivity index (χ2v) is 7.91. The molecule has 1 heterocycles. The second kappa shape index (κ2) is 6.98. The third kappa shape index (κ3) is 3.48. The third-order valence-electron chi connectivity index (χ3n) is 5.36. The highest BCUT2D eigenvalue weighted by atomic mass is 32.2. The standard InChI is InChI=1S/C17H22N4O2S/c1-9(13-6-11-3-4-12(13)5-11)19-15(22)8-24-16-14(7-18)10(2)20-17(23)21-16/h9,11-13H,3-6,8H2,1-2H3,(H,19,22)(H,20,21,23)/t9-,11-,12-,13+/m0/s1. The zero-order valence-corrected chi connectivity index (χ0v) is 14.8. The SMILES string of the molecule is Cc1[nH]c(=O)nc(SCC(=O)N[C@@H](C)[C@H]2C[C@H]3CC[C@H]2C3)c1C#N. The number of carbonyl (C=O) groups is 1. The van der Waals surface area contributed by atoms with E-state index in [0.29, 0.717) is 22.2 Å². The number of nitrogens with one attached hydrogen (secondary N) is 2. The Bertz CT molecular complexity index is 739. The van der Waals surface area contributed by atoms with Crippen LogP contribution in [0.15, 0.2) is 9.82 Å². The average Bonchev–Trinajstić information content (AvgIpc) is 3.15. The summed E-state index contributed by atoms with van der Waals surface area (Å²) in [6.07, 6.45) is 5.20. The molecule has 2 saturated carbocycles. The van der Waals surface area contributed by atoms with Gasteiger partial charge in [0.25, 0.3) is 0 Å². The molecule has 0 unspecified atom stereocenters. The van der Waals surface area contributed by atoms with Crippen molar-refractivity contribution in [3.63, 3.8) is 0 Å². The van der Waals surface area contributed by atoms with Gasteiger partial charge in [0.1, 0.15) is 16.7 Å². The Morgan fingerprint density at radius 2 is 2.29 bits per heavy atom. The monoisotopic (exact) mass is 346 g/mol. The lowest BCUT2D eigenvalue weighted by atomic mass is 9.84. The molecular formula is C17H22N4O2S. The number of aryl methyl sites for hydroxylation is 1. The topological polar surface area (TPSA) is 98.6 Å². The number of H-pyrrole nitrogens is 1. The van der Waals surface area contributed by atoms with Crippen molar-refractivity contribution in [1.82, 2.24) is 15.3 Å². The molecule has 2 bridgehead atoms. The van der Waals surface area contributed by atoms with E-state index in [1.54, 1.807) is 6.92 Å². The molecule has 7 heteroatoms. The molecule has 24 heavy (non-hydrogen) atoms. The van der Waals surface area contributed by atoms with Crippen molar-refractivity contribution >= 4 is 17.7 Å². The Hall–Kier alpha value is -1.81. The van der Waals surface area contributed by atoms with Gasteiger partial charge in [0, 0.05) is 11.7 Å². The van der Waals surface area contributed by atoms with Crippen LogP contribution < -0.4 is 11.0 Å². The Morgan fingerprint density at radius 1 is 1.50 bits per heavy atom. The van der Waals surface area contributed by atoms with E-state index in [1.807, 2.05) is 6.07 Å². The summed E-state index contributed by atoms with van der Waals surface area (Å²) < 4.78 is 0. The molecule has 2 aliphatic rings. The third-order valence-corrected chi connectivity index (χ3v) is 6.34. The number of aromatic nitrogens is 2. The Labute approximate surface area is 145 Å². The van der Waals surface area contributed by atoms with Gasteiger partial charge in [-0.15, -0.1) is 0 Å². The highest BCUT2D eigenvalue weighted by Gasteiger charge is 2.42. The van der Waals surface area contributed by atoms with Crippen molar-refractivity contribution < 1.29 is 4.79 Å². The molecule has 1 aromatic heterocycles. The maximum absolute atomic E-state index is 12.2. The van der Waals surface area contributed by atoms with Crippen LogP contribution in [-0.4, -0.2) is 27.7 Å². The van der Waals surface area contributed by atoms with Crippen LogP contribution in [0.25, 0.3) is 0 Å². The van der Waals surface area contributed by atoms with Crippen LogP contribution >= 0.6 is 11.8 Å². The van der Waals surface area contributed by atoms with Gasteiger partial charge in [-0.05, 0) is 50.9 Å². The number of nitriles is 1. The van der Waals surface area contributed by atoms with E-state index in [4.69, 9.17) is 0 Å². The van der Waals surface area contributed by atoms with Gasteiger partial charge in [-0.3, -0.25) is 4.79 Å². The number of carbonyl (C=O) groups excluding carboxylic acids is 1. The van der Waals surface area contributed by atoms with Crippen molar-refractivity contribution in [3.05, 3.63) is 21.7 Å². The number of amides is 1. The normalized spacial score (nSPS) is 26.1. The van der Waals surface area contributed by atoms with Crippen LogP contribution in [0.2, 0.25) is 0 Å². The molecule has 1 amide bonds. The van der Waals surface area contributed by atoms with Crippen molar-refractivity contribution in [3.8, 4) is 6.07 Å². The fourth-order valence-electron chi connectivity index (χ4n) is 4.24. The number of hydrogen-bond acceptors (Lipinski definition) is 5. The van der Waals surface area contributed by atoms with Crippen LogP contribution in [-0.2, 0) is 4.79 Å². The molecule has 0 aromatic carbocycles. The fraction of sp³-hybridized carbons (Fsp3) is 0.647. The quantitative estimate of drug-likeness (QED) is 0.627. The van der Waals surface area contributed by atoms with Crippen LogP contribution in [0.3, 0.4) is 0 Å². The number of rotatable bonds is 5. The van der Waals surface area contributed by atoms with Gasteiger partial charge in [-0.2, -0.15) is 10.2 Å². The lowest BCUT2D eigenvalue weighted by Crippen LogP contribution is -2.41. The maximum atomic E-state index is 12.2. The first-order valence-corrected chi connectivity index (χ1v) is 9.39. The summed E-state index contributed by atoms with van der Waals surface area (Å²) in [6, 6.07) is 2.21. The van der Waals surface area contributed by atoms with Gasteiger partial charge < -0.3 is 10.3 Å². The molecule has 3 rings (SSSR count). The Morgan fingerprint density at radius 3 is 2.92 bits per heavy atom. The zero-order chi connectivity index (χ0) is 17.3. The van der Waals surface area contributed by atoms with Gasteiger partial charge in [0.05, 0.1) is 5.75 Å². The smallest absolute Gasteiger partial charge is 0.346 e. The minimum Gasteiger partial charge on any atom is -0.353 e. The largest absolute Gasteiger partial charge is 0.353 e. The first-order chi connectivity index (χ1) is 11.5. The summed E-state index contributed by atoms with van der Waals surface area (Å²) in [6.45, 7) is 3.74. The minimum atomic E-state index is -0.496. The highest BCUT2D eigenvalue weighted by molar-refractivity contribution is 8.00. The molecule has 2 N–H and O–H groups in total. The minimum absolute atomic E-state index is 0.0705. The molecule has 1 aromatic rings. The first kappa shape index (κ1) is 17.0. The zero-order valence-electron chi connectivity index (χ0n) is 14.0. The molecule has 2 aliphatic carbocycles. The lowest BCUT2D eigenvalue weighted by molar-refractivity contribution is -0.119. The van der Waals surface area contributed by atoms with Gasteiger partial charge >= 0.3 is 5.69 Å². The molecule has 2 fully saturated rings. The molecule has 6 nitrogen and oxygen atoms in total. The van der Waals surface area contributed by atoms with Gasteiger partial charge in [0.15, 0.2) is 0 Å². The number of fused-ring (bicyclic) bond motifs is 2. The molecule has 0 saturated heterocycles. The summed E-state index contributed by atoms with van der Waals surface area (Å²) in [4.78, 5) is 30.0. The first-order valence-electron chi connectivity index (χ1n) is 8.41. The molecular weight excluding hydrogens is 324 g/mol. The van der Waals surface area contributed by atoms with E-state index in [1.165, 1.54) is 25.7 Å². The molecule has 128 valence electrons. The van der Waals surface area contributed by atoms with Crippen LogP contribution in [0.4, 0.5) is 0 Å². The summed E-state index contributed by atoms with van der Waals surface area (Å²) >= 11 is 1.14. The summed E-state index contributed by atoms with van der Waals surface area (Å²) in [5.41, 5.74) is 0.314. The van der Waals surface area contributed by atoms with Crippen LogP contribution in [0.1, 0.15) is 43.9 Å². The molecule has 4 atom stereocenters. The van der Waals surface area contributed by atoms with E-state index < -0.39 is 5.69 Å². The van der Waals surface area contributed by atoms with E-state index in [-0.39, 0.29) is 17.7 Å². The average molecular weight is 346 g/mol. The van der Waals surface area contributed by atoms with Gasteiger partial charge in [-0.1, -0.05) is 18.2 Å². The predicted octanol–water partition coefficient (Wildman–Crippen LogP) is 1.98. The second-order valence-electron chi connectivity index (χ2n) is 6.94. The number of aromatic amines is 1. The van der Waals surface area contributed by atoms with E-state index in [9.17, 15) is 14.9 Å². The molecule has 0 spiro atoms. The predicted molar refractivity (Wildman–Crippen MR) is 91.6 cm³/mol. The number of hydrogen-bond donors (Lipinski definition) is 2. The van der Waals surface area contributed by atoms with Crippen molar-refractivity contribution in [2.75, 3.05) is 5.75 Å². The number of thioether (sulfide) groups is 1. The highest BCUT2D eigenvalue weighted by Crippen LogP contribution is 2.49. The van der Waals surface area contributed by atoms with Crippen molar-refractivity contribution in [2.45, 2.75) is 50.6 Å². The van der Waals surface area contributed by atoms with E-state index >= 15 is 0 Å². The maximum Gasteiger partial charge on any atom is 0.346 e. The van der Waals surface area contributed by atoms with Crippen molar-refractivity contribution in [2.24, 2.45) is 17.8 Å². The fourth-order valence-corrected chi connectivity index (χ4v) is 5.08.